The summed E-state index contributed by atoms with van der Waals surface area (Å²) in [5.74, 6) is 0. The average molecular weight is 230 g/mol. The molecule has 0 saturated carbocycles. The van der Waals surface area contributed by atoms with Crippen LogP contribution in [-0.2, 0) is 5.33 Å². The fourth-order valence-electron chi connectivity index (χ4n) is 0.869. The first-order chi connectivity index (χ1) is 5.74. The standard InChI is InChI=1S/C8H10BrN.C2H6/c1-6-4-8(10)3-2-7(6)5-9;1-2/h2-4H,5,10H2,1H3;1-2H3. The summed E-state index contributed by atoms with van der Waals surface area (Å²) in [5.41, 5.74) is 8.95. The van der Waals surface area contributed by atoms with Gasteiger partial charge < -0.3 is 5.73 Å². The van der Waals surface area contributed by atoms with Crippen molar-refractivity contribution < 1.29 is 0 Å². The van der Waals surface area contributed by atoms with E-state index in [2.05, 4.69) is 22.9 Å². The molecule has 0 aliphatic heterocycles. The number of alkyl halides is 1. The number of rotatable bonds is 1. The Bertz CT molecular complexity index is 233. The van der Waals surface area contributed by atoms with Crippen LogP contribution in [0.3, 0.4) is 0 Å². The Balaban J connectivity index is 0.000000561. The van der Waals surface area contributed by atoms with Crippen molar-refractivity contribution in [1.29, 1.82) is 0 Å². The third kappa shape index (κ3) is 3.26. The van der Waals surface area contributed by atoms with Crippen LogP contribution in [0.2, 0.25) is 0 Å². The van der Waals surface area contributed by atoms with Gasteiger partial charge in [-0.25, -0.2) is 0 Å². The molecular formula is C10H16BrN. The largest absolute Gasteiger partial charge is 0.399 e. The van der Waals surface area contributed by atoms with Crippen molar-refractivity contribution in [3.8, 4) is 0 Å². The second-order valence-electron chi connectivity index (χ2n) is 2.32. The molecule has 0 spiro atoms. The summed E-state index contributed by atoms with van der Waals surface area (Å²) in [6, 6.07) is 5.94. The smallest absolute Gasteiger partial charge is 0.0316 e. The maximum atomic E-state index is 5.57. The molecular weight excluding hydrogens is 214 g/mol. The van der Waals surface area contributed by atoms with Crippen LogP contribution in [0.1, 0.15) is 25.0 Å². The van der Waals surface area contributed by atoms with Gasteiger partial charge >= 0.3 is 0 Å². The van der Waals surface area contributed by atoms with Crippen molar-refractivity contribution in [3.63, 3.8) is 0 Å². The monoisotopic (exact) mass is 229 g/mol. The van der Waals surface area contributed by atoms with Crippen LogP contribution in [-0.4, -0.2) is 0 Å². The number of hydrogen-bond donors (Lipinski definition) is 1. The van der Waals surface area contributed by atoms with Crippen LogP contribution in [0.5, 0.6) is 0 Å². The van der Waals surface area contributed by atoms with Crippen LogP contribution in [0.25, 0.3) is 0 Å². The highest BCUT2D eigenvalue weighted by Gasteiger charge is 1.94. The Morgan fingerprint density at radius 2 is 1.92 bits per heavy atom. The molecule has 68 valence electrons. The van der Waals surface area contributed by atoms with Gasteiger partial charge in [-0.15, -0.1) is 0 Å². The van der Waals surface area contributed by atoms with Crippen molar-refractivity contribution in [2.24, 2.45) is 0 Å². The highest BCUT2D eigenvalue weighted by Crippen LogP contribution is 2.14. The first kappa shape index (κ1) is 11.5. The number of nitrogens with two attached hydrogens (primary N) is 1. The summed E-state index contributed by atoms with van der Waals surface area (Å²) in [4.78, 5) is 0. The quantitative estimate of drug-likeness (QED) is 0.579. The average Bonchev–Trinajstić information content (AvgIpc) is 2.08. The molecule has 1 aromatic rings. The first-order valence-electron chi connectivity index (χ1n) is 4.15. The van der Waals surface area contributed by atoms with Gasteiger partial charge in [0.1, 0.15) is 0 Å². The zero-order valence-corrected chi connectivity index (χ0v) is 9.48. The number of aryl methyl sites for hydroxylation is 1. The van der Waals surface area contributed by atoms with E-state index in [0.29, 0.717) is 0 Å². The molecule has 0 atom stereocenters. The second kappa shape index (κ2) is 6.06. The summed E-state index contributed by atoms with van der Waals surface area (Å²) in [6.45, 7) is 6.06. The van der Waals surface area contributed by atoms with Crippen LogP contribution in [0.4, 0.5) is 5.69 Å². The summed E-state index contributed by atoms with van der Waals surface area (Å²) < 4.78 is 0. The number of anilines is 1. The van der Waals surface area contributed by atoms with E-state index >= 15 is 0 Å². The zero-order chi connectivity index (χ0) is 9.56. The topological polar surface area (TPSA) is 26.0 Å². The van der Waals surface area contributed by atoms with Gasteiger partial charge in [0, 0.05) is 11.0 Å². The molecule has 0 bridgehead atoms. The van der Waals surface area contributed by atoms with Crippen LogP contribution < -0.4 is 5.73 Å². The summed E-state index contributed by atoms with van der Waals surface area (Å²) in [5, 5.41) is 0.902. The Morgan fingerprint density at radius 1 is 1.33 bits per heavy atom. The van der Waals surface area contributed by atoms with Crippen molar-refractivity contribution in [2.45, 2.75) is 26.1 Å². The molecule has 1 aromatic carbocycles. The molecule has 0 aliphatic rings. The third-order valence-corrected chi connectivity index (χ3v) is 2.11. The zero-order valence-electron chi connectivity index (χ0n) is 7.89. The lowest BCUT2D eigenvalue weighted by Crippen LogP contribution is -1.88. The fraction of sp³-hybridized carbons (Fsp3) is 0.400. The van der Waals surface area contributed by atoms with E-state index in [0.717, 1.165) is 11.0 Å². The highest BCUT2D eigenvalue weighted by molar-refractivity contribution is 9.08. The predicted octanol–water partition coefficient (Wildman–Crippen LogP) is 3.50. The number of nitrogen functional groups attached to an aromatic ring is 1. The van der Waals surface area contributed by atoms with Gasteiger partial charge in [0.05, 0.1) is 0 Å². The van der Waals surface area contributed by atoms with Crippen LogP contribution in [0, 0.1) is 6.92 Å². The molecule has 2 heteroatoms. The minimum atomic E-state index is 0.835. The molecule has 0 fully saturated rings. The Labute approximate surface area is 83.1 Å². The minimum Gasteiger partial charge on any atom is -0.399 e. The first-order valence-corrected chi connectivity index (χ1v) is 5.27. The van der Waals surface area contributed by atoms with Gasteiger partial charge in [-0.1, -0.05) is 35.8 Å². The summed E-state index contributed by atoms with van der Waals surface area (Å²) in [7, 11) is 0. The Morgan fingerprint density at radius 3 is 2.33 bits per heavy atom. The molecule has 1 rings (SSSR count). The lowest BCUT2D eigenvalue weighted by Gasteiger charge is -2.01. The lowest BCUT2D eigenvalue weighted by molar-refractivity contribution is 1.32. The number of benzene rings is 1. The Hall–Kier alpha value is -0.500. The molecule has 0 amide bonds. The van der Waals surface area contributed by atoms with Crippen molar-refractivity contribution in [3.05, 3.63) is 29.3 Å². The summed E-state index contributed by atoms with van der Waals surface area (Å²) in [6.07, 6.45) is 0. The van der Waals surface area contributed by atoms with E-state index < -0.39 is 0 Å². The predicted molar refractivity (Wildman–Crippen MR) is 59.6 cm³/mol. The Kier molecular flexibility index (Phi) is 5.81. The van der Waals surface area contributed by atoms with Crippen molar-refractivity contribution >= 4 is 21.6 Å². The van der Waals surface area contributed by atoms with Gasteiger partial charge in [-0.3, -0.25) is 0 Å². The van der Waals surface area contributed by atoms with Gasteiger partial charge in [-0.2, -0.15) is 0 Å². The van der Waals surface area contributed by atoms with E-state index in [1.165, 1.54) is 11.1 Å². The van der Waals surface area contributed by atoms with E-state index in [9.17, 15) is 0 Å². The third-order valence-electron chi connectivity index (χ3n) is 1.51. The normalized spacial score (nSPS) is 8.67. The van der Waals surface area contributed by atoms with E-state index in [1.807, 2.05) is 32.0 Å². The maximum absolute atomic E-state index is 5.57. The molecule has 2 N–H and O–H groups in total. The van der Waals surface area contributed by atoms with Crippen molar-refractivity contribution in [2.75, 3.05) is 5.73 Å². The molecule has 12 heavy (non-hydrogen) atoms. The van der Waals surface area contributed by atoms with E-state index in [1.54, 1.807) is 0 Å². The SMILES string of the molecule is CC.Cc1cc(N)ccc1CBr. The van der Waals surface area contributed by atoms with Gasteiger partial charge in [0.25, 0.3) is 0 Å². The maximum Gasteiger partial charge on any atom is 0.0316 e. The molecule has 1 nitrogen and oxygen atoms in total. The summed E-state index contributed by atoms with van der Waals surface area (Å²) >= 11 is 3.39. The minimum absolute atomic E-state index is 0.835. The molecule has 0 radical (unpaired) electrons. The molecule has 0 aliphatic carbocycles. The number of halogens is 1. The molecule has 0 heterocycles. The van der Waals surface area contributed by atoms with E-state index in [-0.39, 0.29) is 0 Å². The van der Waals surface area contributed by atoms with Gasteiger partial charge in [0.2, 0.25) is 0 Å². The molecule has 0 aromatic heterocycles. The molecule has 0 saturated heterocycles. The molecule has 0 unspecified atom stereocenters. The van der Waals surface area contributed by atoms with Crippen LogP contribution in [0.15, 0.2) is 18.2 Å². The van der Waals surface area contributed by atoms with Crippen molar-refractivity contribution in [1.82, 2.24) is 0 Å². The second-order valence-corrected chi connectivity index (χ2v) is 2.88. The van der Waals surface area contributed by atoms with Crippen LogP contribution >= 0.6 is 15.9 Å². The van der Waals surface area contributed by atoms with Gasteiger partial charge in [0.15, 0.2) is 0 Å². The lowest BCUT2D eigenvalue weighted by atomic mass is 10.1. The number of hydrogen-bond acceptors (Lipinski definition) is 1. The van der Waals surface area contributed by atoms with Gasteiger partial charge in [-0.05, 0) is 30.2 Å². The van der Waals surface area contributed by atoms with E-state index in [4.69, 9.17) is 5.73 Å². The fourth-order valence-corrected chi connectivity index (χ4v) is 1.50. The highest BCUT2D eigenvalue weighted by atomic mass is 79.9.